The van der Waals surface area contributed by atoms with Gasteiger partial charge in [-0.2, -0.15) is 0 Å². The highest BCUT2D eigenvalue weighted by molar-refractivity contribution is 7.91. The summed E-state index contributed by atoms with van der Waals surface area (Å²) in [5.74, 6) is 1.12. The van der Waals surface area contributed by atoms with E-state index in [-0.39, 0.29) is 16.9 Å². The van der Waals surface area contributed by atoms with Gasteiger partial charge in [-0.25, -0.2) is 13.4 Å². The van der Waals surface area contributed by atoms with E-state index in [1.807, 2.05) is 43.5 Å². The van der Waals surface area contributed by atoms with Crippen LogP contribution in [0.15, 0.2) is 18.2 Å². The maximum atomic E-state index is 11.9. The van der Waals surface area contributed by atoms with Crippen molar-refractivity contribution in [1.82, 2.24) is 9.55 Å². The van der Waals surface area contributed by atoms with Gasteiger partial charge in [0.15, 0.2) is 9.84 Å². The van der Waals surface area contributed by atoms with Crippen molar-refractivity contribution in [3.05, 3.63) is 29.6 Å². The zero-order chi connectivity index (χ0) is 15.4. The number of hydrogen-bond donors (Lipinski definition) is 0. The first-order valence-corrected chi connectivity index (χ1v) is 9.32. The monoisotopic (exact) mass is 326 g/mol. The summed E-state index contributed by atoms with van der Waals surface area (Å²) in [7, 11) is -2.99. The molecule has 1 saturated heterocycles. The molecule has 21 heavy (non-hydrogen) atoms. The number of halogens is 1. The van der Waals surface area contributed by atoms with Gasteiger partial charge >= 0.3 is 0 Å². The third-order valence-electron chi connectivity index (χ3n) is 4.21. The third-order valence-corrected chi connectivity index (χ3v) is 6.30. The standard InChI is InChI=1S/C15H19ClN2O2S/c1-10-4-5-13-12(8-10)17-14(11(2)16)18(13)15(3)6-7-21(19,20)9-15/h4-5,8,11H,6-7,9H2,1-3H3. The van der Waals surface area contributed by atoms with E-state index < -0.39 is 15.4 Å². The van der Waals surface area contributed by atoms with Gasteiger partial charge in [0, 0.05) is 0 Å². The molecule has 1 fully saturated rings. The number of benzene rings is 1. The van der Waals surface area contributed by atoms with Crippen molar-refractivity contribution in [2.24, 2.45) is 0 Å². The van der Waals surface area contributed by atoms with Crippen LogP contribution >= 0.6 is 11.6 Å². The lowest BCUT2D eigenvalue weighted by molar-refractivity contribution is 0.363. The zero-order valence-corrected chi connectivity index (χ0v) is 14.0. The van der Waals surface area contributed by atoms with Crippen LogP contribution in [0.3, 0.4) is 0 Å². The highest BCUT2D eigenvalue weighted by atomic mass is 35.5. The van der Waals surface area contributed by atoms with Crippen LogP contribution in [-0.2, 0) is 15.4 Å². The molecule has 0 bridgehead atoms. The fourth-order valence-electron chi connectivity index (χ4n) is 3.21. The minimum atomic E-state index is -2.99. The lowest BCUT2D eigenvalue weighted by Gasteiger charge is -2.28. The summed E-state index contributed by atoms with van der Waals surface area (Å²) < 4.78 is 25.9. The Bertz CT molecular complexity index is 810. The molecule has 1 aromatic heterocycles. The van der Waals surface area contributed by atoms with Crippen molar-refractivity contribution < 1.29 is 8.42 Å². The van der Waals surface area contributed by atoms with Crippen molar-refractivity contribution in [2.75, 3.05) is 11.5 Å². The second kappa shape index (κ2) is 4.71. The van der Waals surface area contributed by atoms with Gasteiger partial charge < -0.3 is 4.57 Å². The molecule has 4 nitrogen and oxygen atoms in total. The molecule has 1 aromatic carbocycles. The fourth-order valence-corrected chi connectivity index (χ4v) is 5.48. The summed E-state index contributed by atoms with van der Waals surface area (Å²) >= 11 is 6.30. The van der Waals surface area contributed by atoms with Gasteiger partial charge in [0.25, 0.3) is 0 Å². The molecule has 3 rings (SSSR count). The van der Waals surface area contributed by atoms with Gasteiger partial charge in [0.1, 0.15) is 5.82 Å². The summed E-state index contributed by atoms with van der Waals surface area (Å²) in [4.78, 5) is 4.65. The van der Waals surface area contributed by atoms with E-state index in [0.717, 1.165) is 22.4 Å². The predicted molar refractivity (Wildman–Crippen MR) is 85.7 cm³/mol. The number of nitrogens with zero attached hydrogens (tertiary/aromatic N) is 2. The predicted octanol–water partition coefficient (Wildman–Crippen LogP) is 3.18. The number of sulfone groups is 1. The van der Waals surface area contributed by atoms with Crippen LogP contribution in [0.4, 0.5) is 0 Å². The number of rotatable bonds is 2. The molecular weight excluding hydrogens is 308 g/mol. The summed E-state index contributed by atoms with van der Waals surface area (Å²) in [6.45, 7) is 5.88. The lowest BCUT2D eigenvalue weighted by atomic mass is 10.0. The molecule has 0 amide bonds. The van der Waals surface area contributed by atoms with Crippen LogP contribution in [0.1, 0.15) is 37.0 Å². The van der Waals surface area contributed by atoms with E-state index in [1.54, 1.807) is 0 Å². The molecule has 0 aliphatic carbocycles. The van der Waals surface area contributed by atoms with Crippen molar-refractivity contribution in [3.8, 4) is 0 Å². The van der Waals surface area contributed by atoms with E-state index >= 15 is 0 Å². The molecule has 1 aliphatic rings. The molecule has 6 heteroatoms. The number of aromatic nitrogens is 2. The summed E-state index contributed by atoms with van der Waals surface area (Å²) in [6, 6.07) is 6.05. The number of hydrogen-bond acceptors (Lipinski definition) is 3. The Hall–Kier alpha value is -1.07. The first-order valence-electron chi connectivity index (χ1n) is 7.06. The van der Waals surface area contributed by atoms with E-state index in [9.17, 15) is 8.42 Å². The summed E-state index contributed by atoms with van der Waals surface area (Å²) in [6.07, 6.45) is 0.602. The second-order valence-electron chi connectivity index (χ2n) is 6.25. The molecule has 2 heterocycles. The highest BCUT2D eigenvalue weighted by Crippen LogP contribution is 2.37. The quantitative estimate of drug-likeness (QED) is 0.796. The van der Waals surface area contributed by atoms with Crippen LogP contribution < -0.4 is 0 Å². The molecule has 114 valence electrons. The SMILES string of the molecule is Cc1ccc2c(c1)nc(C(C)Cl)n2C1(C)CCS(=O)(=O)C1. The number of imidazole rings is 1. The number of fused-ring (bicyclic) bond motifs is 1. The number of alkyl halides is 1. The molecule has 2 unspecified atom stereocenters. The minimum absolute atomic E-state index is 0.149. The number of aryl methyl sites for hydroxylation is 1. The fraction of sp³-hybridized carbons (Fsp3) is 0.533. The Balaban J connectivity index is 2.28. The van der Waals surface area contributed by atoms with Crippen molar-refractivity contribution in [1.29, 1.82) is 0 Å². The van der Waals surface area contributed by atoms with Gasteiger partial charge in [-0.15, -0.1) is 11.6 Å². The Morgan fingerprint density at radius 2 is 2.14 bits per heavy atom. The van der Waals surface area contributed by atoms with Crippen molar-refractivity contribution in [2.45, 2.75) is 38.1 Å². The van der Waals surface area contributed by atoms with E-state index in [2.05, 4.69) is 4.98 Å². The summed E-state index contributed by atoms with van der Waals surface area (Å²) in [5, 5.41) is -0.266. The maximum absolute atomic E-state index is 11.9. The third kappa shape index (κ3) is 2.46. The topological polar surface area (TPSA) is 52.0 Å². The average Bonchev–Trinajstić information content (AvgIpc) is 2.87. The molecule has 0 N–H and O–H groups in total. The van der Waals surface area contributed by atoms with Gasteiger partial charge in [-0.1, -0.05) is 6.07 Å². The smallest absolute Gasteiger partial charge is 0.152 e. The molecular formula is C15H19ClN2O2S. The first-order chi connectivity index (χ1) is 9.72. The average molecular weight is 327 g/mol. The lowest BCUT2D eigenvalue weighted by Crippen LogP contribution is -2.33. The molecule has 0 radical (unpaired) electrons. The Morgan fingerprint density at radius 3 is 2.71 bits per heavy atom. The van der Waals surface area contributed by atoms with Gasteiger partial charge in [-0.05, 0) is 44.9 Å². The van der Waals surface area contributed by atoms with Crippen LogP contribution in [0.2, 0.25) is 0 Å². The highest BCUT2D eigenvalue weighted by Gasteiger charge is 2.42. The normalized spacial score (nSPS) is 26.3. The van der Waals surface area contributed by atoms with Gasteiger partial charge in [-0.3, -0.25) is 0 Å². The molecule has 0 saturated carbocycles. The van der Waals surface area contributed by atoms with E-state index in [4.69, 9.17) is 11.6 Å². The molecule has 1 aliphatic heterocycles. The van der Waals surface area contributed by atoms with E-state index in [1.165, 1.54) is 0 Å². The van der Waals surface area contributed by atoms with Crippen LogP contribution in [0.5, 0.6) is 0 Å². The van der Waals surface area contributed by atoms with Crippen molar-refractivity contribution in [3.63, 3.8) is 0 Å². The zero-order valence-electron chi connectivity index (χ0n) is 12.4. The first kappa shape index (κ1) is 14.9. The Kier molecular flexibility index (Phi) is 3.33. The largest absolute Gasteiger partial charge is 0.320 e. The minimum Gasteiger partial charge on any atom is -0.320 e. The van der Waals surface area contributed by atoms with Gasteiger partial charge in [0.05, 0.1) is 33.5 Å². The second-order valence-corrected chi connectivity index (χ2v) is 9.09. The Labute approximate surface area is 130 Å². The molecule has 0 spiro atoms. The molecule has 2 aromatic rings. The van der Waals surface area contributed by atoms with Gasteiger partial charge in [0.2, 0.25) is 0 Å². The van der Waals surface area contributed by atoms with Crippen molar-refractivity contribution >= 4 is 32.5 Å². The Morgan fingerprint density at radius 1 is 1.43 bits per heavy atom. The van der Waals surface area contributed by atoms with Crippen LogP contribution in [-0.4, -0.2) is 29.5 Å². The molecule has 2 atom stereocenters. The summed E-state index contributed by atoms with van der Waals surface area (Å²) in [5.41, 5.74) is 2.50. The maximum Gasteiger partial charge on any atom is 0.152 e. The van der Waals surface area contributed by atoms with Crippen LogP contribution in [0.25, 0.3) is 11.0 Å². The van der Waals surface area contributed by atoms with Crippen LogP contribution in [0, 0.1) is 6.92 Å². The van der Waals surface area contributed by atoms with E-state index in [0.29, 0.717) is 6.42 Å².